The topological polar surface area (TPSA) is 105 Å². The first-order valence-corrected chi connectivity index (χ1v) is 9.92. The van der Waals surface area contributed by atoms with Crippen molar-refractivity contribution >= 4 is 23.8 Å². The summed E-state index contributed by atoms with van der Waals surface area (Å²) in [6, 6.07) is 15.6. The van der Waals surface area contributed by atoms with Crippen LogP contribution in [0.4, 0.5) is 4.79 Å². The van der Waals surface area contributed by atoms with Gasteiger partial charge in [0.25, 0.3) is 11.8 Å². The highest BCUT2D eigenvalue weighted by atomic mass is 16.5. The first-order valence-electron chi connectivity index (χ1n) is 9.92. The predicted octanol–water partition coefficient (Wildman–Crippen LogP) is 2.18. The highest BCUT2D eigenvalue weighted by molar-refractivity contribution is 6.08. The normalized spacial score (nSPS) is 19.0. The molecule has 2 atom stereocenters. The van der Waals surface area contributed by atoms with Crippen LogP contribution in [0.1, 0.15) is 36.6 Å². The highest BCUT2D eigenvalue weighted by Gasteiger charge is 2.49. The Morgan fingerprint density at radius 3 is 2.39 bits per heavy atom. The Kier molecular flexibility index (Phi) is 6.39. The lowest BCUT2D eigenvalue weighted by Crippen LogP contribution is -2.42. The molecule has 0 saturated carbocycles. The zero-order valence-electron chi connectivity index (χ0n) is 17.7. The predicted molar refractivity (Wildman–Crippen MR) is 113 cm³/mol. The third-order valence-corrected chi connectivity index (χ3v) is 5.23. The fourth-order valence-electron chi connectivity index (χ4n) is 3.35. The average molecular weight is 423 g/mol. The Morgan fingerprint density at radius 2 is 1.74 bits per heavy atom. The summed E-state index contributed by atoms with van der Waals surface area (Å²) in [4.78, 5) is 50.2. The zero-order chi connectivity index (χ0) is 22.6. The summed E-state index contributed by atoms with van der Waals surface area (Å²) in [7, 11) is 0. The van der Waals surface area contributed by atoms with Crippen LogP contribution in [0.2, 0.25) is 0 Å². The Bertz CT molecular complexity index is 990. The molecule has 8 heteroatoms. The van der Waals surface area contributed by atoms with Gasteiger partial charge in [-0.05, 0) is 31.9 Å². The van der Waals surface area contributed by atoms with Gasteiger partial charge in [-0.3, -0.25) is 19.3 Å². The molecule has 1 heterocycles. The standard InChI is InChI=1S/C23H25N3O5/c1-15-9-11-18(12-10-15)23(3)21(29)26(22(30)25-23)13-20(28)31-14-19(27)24-16(2)17-7-5-4-6-8-17/h4-12,16H,13-14H2,1-3H3,(H,24,27)(H,25,30)/t16-,23+/m0/s1. The number of nitrogens with zero attached hydrogens (tertiary/aromatic N) is 1. The molecule has 8 nitrogen and oxygen atoms in total. The maximum atomic E-state index is 12.9. The van der Waals surface area contributed by atoms with Crippen LogP contribution in [0.5, 0.6) is 0 Å². The van der Waals surface area contributed by atoms with E-state index in [1.807, 2.05) is 56.3 Å². The molecule has 162 valence electrons. The number of amides is 4. The van der Waals surface area contributed by atoms with Crippen LogP contribution in [0, 0.1) is 6.92 Å². The fourth-order valence-corrected chi connectivity index (χ4v) is 3.35. The van der Waals surface area contributed by atoms with Crippen LogP contribution in [0.3, 0.4) is 0 Å². The van der Waals surface area contributed by atoms with Crippen molar-refractivity contribution in [3.05, 3.63) is 71.3 Å². The zero-order valence-corrected chi connectivity index (χ0v) is 17.7. The molecule has 2 aromatic rings. The number of imide groups is 1. The Hall–Kier alpha value is -3.68. The smallest absolute Gasteiger partial charge is 0.326 e. The summed E-state index contributed by atoms with van der Waals surface area (Å²) in [5.41, 5.74) is 1.27. The van der Waals surface area contributed by atoms with Gasteiger partial charge in [-0.2, -0.15) is 0 Å². The van der Waals surface area contributed by atoms with Crippen molar-refractivity contribution in [1.82, 2.24) is 15.5 Å². The molecular weight excluding hydrogens is 398 g/mol. The van der Waals surface area contributed by atoms with Crippen LogP contribution in [-0.4, -0.2) is 41.9 Å². The van der Waals surface area contributed by atoms with Gasteiger partial charge < -0.3 is 15.4 Å². The Balaban J connectivity index is 1.54. The Morgan fingerprint density at radius 1 is 1.10 bits per heavy atom. The van der Waals surface area contributed by atoms with Crippen LogP contribution in [0.15, 0.2) is 54.6 Å². The molecule has 2 N–H and O–H groups in total. The summed E-state index contributed by atoms with van der Waals surface area (Å²) in [6.07, 6.45) is 0. The second-order valence-corrected chi connectivity index (χ2v) is 7.67. The summed E-state index contributed by atoms with van der Waals surface area (Å²) in [6.45, 7) is 4.23. The van der Waals surface area contributed by atoms with Crippen molar-refractivity contribution in [2.24, 2.45) is 0 Å². The minimum atomic E-state index is -1.27. The van der Waals surface area contributed by atoms with Crippen molar-refractivity contribution in [3.8, 4) is 0 Å². The minimum Gasteiger partial charge on any atom is -0.454 e. The van der Waals surface area contributed by atoms with E-state index in [-0.39, 0.29) is 6.04 Å². The molecule has 4 amide bonds. The van der Waals surface area contributed by atoms with E-state index >= 15 is 0 Å². The second kappa shape index (κ2) is 8.99. The fraction of sp³-hybridized carbons (Fsp3) is 0.304. The molecule has 1 saturated heterocycles. The number of benzene rings is 2. The quantitative estimate of drug-likeness (QED) is 0.525. The number of ether oxygens (including phenoxy) is 1. The Labute approximate surface area is 180 Å². The molecule has 0 radical (unpaired) electrons. The van der Waals surface area contributed by atoms with E-state index < -0.39 is 42.5 Å². The summed E-state index contributed by atoms with van der Waals surface area (Å²) < 4.78 is 4.96. The molecule has 0 unspecified atom stereocenters. The maximum Gasteiger partial charge on any atom is 0.326 e. The number of carbonyl (C=O) groups excluding carboxylic acids is 4. The number of carbonyl (C=O) groups is 4. The van der Waals surface area contributed by atoms with Gasteiger partial charge in [0.15, 0.2) is 6.61 Å². The van der Waals surface area contributed by atoms with Gasteiger partial charge in [0, 0.05) is 0 Å². The largest absolute Gasteiger partial charge is 0.454 e. The molecule has 0 aliphatic carbocycles. The summed E-state index contributed by atoms with van der Waals surface area (Å²) in [5.74, 6) is -1.88. The van der Waals surface area contributed by atoms with E-state index in [1.165, 1.54) is 0 Å². The van der Waals surface area contributed by atoms with E-state index in [9.17, 15) is 19.2 Å². The van der Waals surface area contributed by atoms with Crippen molar-refractivity contribution in [2.75, 3.05) is 13.2 Å². The molecule has 1 fully saturated rings. The molecule has 0 bridgehead atoms. The highest BCUT2D eigenvalue weighted by Crippen LogP contribution is 2.28. The van der Waals surface area contributed by atoms with Gasteiger partial charge in [0.05, 0.1) is 6.04 Å². The SMILES string of the molecule is Cc1ccc([C@@]2(C)NC(=O)N(CC(=O)OCC(=O)N[C@@H](C)c3ccccc3)C2=O)cc1. The van der Waals surface area contributed by atoms with E-state index in [0.717, 1.165) is 16.0 Å². The molecule has 1 aliphatic rings. The lowest BCUT2D eigenvalue weighted by molar-refractivity contribution is -0.151. The van der Waals surface area contributed by atoms with Crippen molar-refractivity contribution in [3.63, 3.8) is 0 Å². The number of rotatable bonds is 7. The minimum absolute atomic E-state index is 0.256. The van der Waals surface area contributed by atoms with Crippen LogP contribution < -0.4 is 10.6 Å². The van der Waals surface area contributed by atoms with E-state index in [1.54, 1.807) is 19.1 Å². The first kappa shape index (κ1) is 22.0. The lowest BCUT2D eigenvalue weighted by atomic mass is 9.91. The first-order chi connectivity index (χ1) is 14.7. The maximum absolute atomic E-state index is 12.9. The molecular formula is C23H25N3O5. The number of hydrogen-bond acceptors (Lipinski definition) is 5. The van der Waals surface area contributed by atoms with Crippen molar-refractivity contribution in [1.29, 1.82) is 0 Å². The molecule has 31 heavy (non-hydrogen) atoms. The van der Waals surface area contributed by atoms with Gasteiger partial charge in [-0.25, -0.2) is 4.79 Å². The second-order valence-electron chi connectivity index (χ2n) is 7.67. The van der Waals surface area contributed by atoms with E-state index in [0.29, 0.717) is 5.56 Å². The summed E-state index contributed by atoms with van der Waals surface area (Å²) in [5, 5.41) is 5.36. The monoisotopic (exact) mass is 423 g/mol. The molecule has 0 aromatic heterocycles. The van der Waals surface area contributed by atoms with Gasteiger partial charge in [0.2, 0.25) is 0 Å². The number of hydrogen-bond donors (Lipinski definition) is 2. The third-order valence-electron chi connectivity index (χ3n) is 5.23. The van der Waals surface area contributed by atoms with Gasteiger partial charge >= 0.3 is 12.0 Å². The number of nitrogens with one attached hydrogen (secondary N) is 2. The summed E-state index contributed by atoms with van der Waals surface area (Å²) >= 11 is 0. The third kappa shape index (κ3) is 4.91. The average Bonchev–Trinajstić information content (AvgIpc) is 2.97. The van der Waals surface area contributed by atoms with Gasteiger partial charge in [-0.1, -0.05) is 60.2 Å². The van der Waals surface area contributed by atoms with Crippen LogP contribution in [-0.2, 0) is 24.7 Å². The molecule has 2 aromatic carbocycles. The van der Waals surface area contributed by atoms with E-state index in [4.69, 9.17) is 4.74 Å². The van der Waals surface area contributed by atoms with Crippen molar-refractivity contribution in [2.45, 2.75) is 32.4 Å². The number of aryl methyl sites for hydroxylation is 1. The lowest BCUT2D eigenvalue weighted by Gasteiger charge is -2.22. The van der Waals surface area contributed by atoms with Gasteiger partial charge in [-0.15, -0.1) is 0 Å². The van der Waals surface area contributed by atoms with Crippen LogP contribution >= 0.6 is 0 Å². The van der Waals surface area contributed by atoms with Gasteiger partial charge in [0.1, 0.15) is 12.1 Å². The molecule has 3 rings (SSSR count). The number of urea groups is 1. The van der Waals surface area contributed by atoms with Crippen LogP contribution in [0.25, 0.3) is 0 Å². The van der Waals surface area contributed by atoms with Crippen molar-refractivity contribution < 1.29 is 23.9 Å². The number of esters is 1. The molecule has 1 aliphatic heterocycles. The van der Waals surface area contributed by atoms with E-state index in [2.05, 4.69) is 10.6 Å². The molecule has 0 spiro atoms.